The number of hydrazine groups is 1. The van der Waals surface area contributed by atoms with Crippen molar-refractivity contribution < 1.29 is 13.5 Å². The molecule has 0 amide bonds. The summed E-state index contributed by atoms with van der Waals surface area (Å²) in [5.74, 6) is 0.534. The van der Waals surface area contributed by atoms with Crippen molar-refractivity contribution in [3.8, 4) is 5.75 Å². The molecule has 3 rings (SSSR count). The van der Waals surface area contributed by atoms with Gasteiger partial charge >= 0.3 is 6.61 Å². The first-order valence-electron chi connectivity index (χ1n) is 8.11. The number of nitrogens with one attached hydrogen (secondary N) is 3. The van der Waals surface area contributed by atoms with E-state index in [2.05, 4.69) is 20.9 Å². The minimum atomic E-state index is -2.82. The summed E-state index contributed by atoms with van der Waals surface area (Å²) in [6.45, 7) is -0.808. The van der Waals surface area contributed by atoms with Crippen LogP contribution in [-0.4, -0.2) is 19.7 Å². The van der Waals surface area contributed by atoms with Crippen molar-refractivity contribution in [3.05, 3.63) is 64.7 Å². The van der Waals surface area contributed by atoms with E-state index in [0.717, 1.165) is 18.7 Å². The zero-order valence-electron chi connectivity index (χ0n) is 13.9. The van der Waals surface area contributed by atoms with Gasteiger partial charge in [-0.1, -0.05) is 41.9 Å². The Bertz CT molecular complexity index is 688. The maximum Gasteiger partial charge on any atom is 0.387 e. The number of benzene rings is 2. The Morgan fingerprint density at radius 1 is 1.15 bits per heavy atom. The molecule has 3 N–H and O–H groups in total. The number of alkyl halides is 2. The molecule has 1 aliphatic rings. The summed E-state index contributed by atoms with van der Waals surface area (Å²) in [6.07, 6.45) is 0. The third-order valence-corrected chi connectivity index (χ3v) is 4.48. The van der Waals surface area contributed by atoms with Gasteiger partial charge in [-0.25, -0.2) is 5.43 Å². The molecule has 2 atom stereocenters. The Balaban J connectivity index is 0.00000243. The summed E-state index contributed by atoms with van der Waals surface area (Å²) in [4.78, 5) is 0. The molecule has 1 saturated heterocycles. The first-order chi connectivity index (χ1) is 12.1. The van der Waals surface area contributed by atoms with Crippen LogP contribution >= 0.6 is 24.0 Å². The number of hydrogen-bond acceptors (Lipinski definition) is 4. The molecule has 4 nitrogen and oxygen atoms in total. The van der Waals surface area contributed by atoms with Crippen molar-refractivity contribution >= 4 is 24.0 Å². The highest BCUT2D eigenvalue weighted by atomic mass is 35.5. The van der Waals surface area contributed by atoms with Gasteiger partial charge in [-0.05, 0) is 23.8 Å². The van der Waals surface area contributed by atoms with E-state index < -0.39 is 6.61 Å². The molecule has 2 aromatic rings. The SMILES string of the molecule is Cl.FC(F)Oc1ccccc1CNCC1CNNC1c1ccc(Cl)cc1. The second-order valence-corrected chi connectivity index (χ2v) is 6.37. The fraction of sp³-hybridized carbons (Fsp3) is 0.333. The van der Waals surface area contributed by atoms with Crippen LogP contribution in [0.25, 0.3) is 0 Å². The van der Waals surface area contributed by atoms with Crippen molar-refractivity contribution in [3.63, 3.8) is 0 Å². The third-order valence-electron chi connectivity index (χ3n) is 4.23. The van der Waals surface area contributed by atoms with E-state index in [1.807, 2.05) is 30.3 Å². The summed E-state index contributed by atoms with van der Waals surface area (Å²) in [7, 11) is 0. The fourth-order valence-electron chi connectivity index (χ4n) is 3.00. The molecular weight excluding hydrogens is 383 g/mol. The van der Waals surface area contributed by atoms with Gasteiger partial charge in [0.1, 0.15) is 5.75 Å². The fourth-order valence-corrected chi connectivity index (χ4v) is 3.13. The molecule has 8 heteroatoms. The van der Waals surface area contributed by atoms with Crippen molar-refractivity contribution in [1.29, 1.82) is 0 Å². The van der Waals surface area contributed by atoms with E-state index in [9.17, 15) is 8.78 Å². The van der Waals surface area contributed by atoms with E-state index in [4.69, 9.17) is 11.6 Å². The van der Waals surface area contributed by atoms with Crippen LogP contribution in [0.5, 0.6) is 5.75 Å². The Labute approximate surface area is 162 Å². The summed E-state index contributed by atoms with van der Waals surface area (Å²) in [5.41, 5.74) is 8.31. The average Bonchev–Trinajstić information content (AvgIpc) is 3.05. The normalized spacial score (nSPS) is 19.4. The summed E-state index contributed by atoms with van der Waals surface area (Å²) < 4.78 is 29.5. The molecule has 0 spiro atoms. The molecule has 0 aromatic heterocycles. The quantitative estimate of drug-likeness (QED) is 0.655. The molecule has 0 radical (unpaired) electrons. The van der Waals surface area contributed by atoms with Crippen LogP contribution in [0.1, 0.15) is 17.2 Å². The minimum Gasteiger partial charge on any atom is -0.434 e. The van der Waals surface area contributed by atoms with Gasteiger partial charge in [-0.3, -0.25) is 5.43 Å². The second-order valence-electron chi connectivity index (χ2n) is 5.93. The van der Waals surface area contributed by atoms with Gasteiger partial charge in [0.2, 0.25) is 0 Å². The molecule has 0 saturated carbocycles. The second kappa shape index (κ2) is 10.0. The van der Waals surface area contributed by atoms with Gasteiger partial charge in [-0.2, -0.15) is 8.78 Å². The van der Waals surface area contributed by atoms with Gasteiger partial charge < -0.3 is 10.1 Å². The molecule has 142 valence electrons. The van der Waals surface area contributed by atoms with Gasteiger partial charge in [0.15, 0.2) is 0 Å². The predicted octanol–water partition coefficient (Wildman–Crippen LogP) is 3.92. The van der Waals surface area contributed by atoms with E-state index in [-0.39, 0.29) is 24.2 Å². The van der Waals surface area contributed by atoms with E-state index in [1.165, 1.54) is 0 Å². The van der Waals surface area contributed by atoms with Crippen molar-refractivity contribution in [2.45, 2.75) is 19.2 Å². The zero-order valence-corrected chi connectivity index (χ0v) is 15.5. The highest BCUT2D eigenvalue weighted by Crippen LogP contribution is 2.26. The van der Waals surface area contributed by atoms with E-state index >= 15 is 0 Å². The van der Waals surface area contributed by atoms with Gasteiger partial charge in [-0.15, -0.1) is 12.4 Å². The lowest BCUT2D eigenvalue weighted by Crippen LogP contribution is -2.28. The molecule has 0 bridgehead atoms. The van der Waals surface area contributed by atoms with Gasteiger partial charge in [0.05, 0.1) is 6.04 Å². The van der Waals surface area contributed by atoms with Gasteiger partial charge in [0.25, 0.3) is 0 Å². The highest BCUT2D eigenvalue weighted by molar-refractivity contribution is 6.30. The predicted molar refractivity (Wildman–Crippen MR) is 101 cm³/mol. The molecule has 26 heavy (non-hydrogen) atoms. The lowest BCUT2D eigenvalue weighted by molar-refractivity contribution is -0.0505. The number of halogens is 4. The van der Waals surface area contributed by atoms with Crippen molar-refractivity contribution in [2.24, 2.45) is 5.92 Å². The lowest BCUT2D eigenvalue weighted by Gasteiger charge is -2.20. The molecule has 1 fully saturated rings. The maximum atomic E-state index is 12.5. The Hall–Kier alpha value is -1.44. The lowest BCUT2D eigenvalue weighted by atomic mass is 9.95. The third kappa shape index (κ3) is 5.53. The monoisotopic (exact) mass is 403 g/mol. The molecule has 1 aliphatic heterocycles. The maximum absolute atomic E-state index is 12.5. The number of hydrogen-bond donors (Lipinski definition) is 3. The summed E-state index contributed by atoms with van der Waals surface area (Å²) in [6, 6.07) is 14.8. The van der Waals surface area contributed by atoms with Crippen molar-refractivity contribution in [2.75, 3.05) is 13.1 Å². The Morgan fingerprint density at radius 3 is 2.62 bits per heavy atom. The number of ether oxygens (including phenoxy) is 1. The Kier molecular flexibility index (Phi) is 8.06. The van der Waals surface area contributed by atoms with Crippen LogP contribution < -0.4 is 20.9 Å². The average molecular weight is 404 g/mol. The summed E-state index contributed by atoms with van der Waals surface area (Å²) in [5, 5.41) is 4.05. The van der Waals surface area contributed by atoms with Crippen LogP contribution in [0, 0.1) is 5.92 Å². The highest BCUT2D eigenvalue weighted by Gasteiger charge is 2.27. The Morgan fingerprint density at radius 2 is 1.88 bits per heavy atom. The van der Waals surface area contributed by atoms with E-state index in [1.54, 1.807) is 18.2 Å². The van der Waals surface area contributed by atoms with Crippen LogP contribution in [0.2, 0.25) is 5.02 Å². The molecule has 2 aromatic carbocycles. The first kappa shape index (κ1) is 20.9. The molecular formula is C18H21Cl2F2N3O. The first-order valence-corrected chi connectivity index (χ1v) is 8.48. The van der Waals surface area contributed by atoms with Crippen LogP contribution in [0.15, 0.2) is 48.5 Å². The van der Waals surface area contributed by atoms with E-state index in [0.29, 0.717) is 23.0 Å². The molecule has 2 unspecified atom stereocenters. The van der Waals surface area contributed by atoms with Crippen LogP contribution in [-0.2, 0) is 6.54 Å². The van der Waals surface area contributed by atoms with Crippen molar-refractivity contribution in [1.82, 2.24) is 16.2 Å². The summed E-state index contributed by atoms with van der Waals surface area (Å²) >= 11 is 5.94. The standard InChI is InChI=1S/C18H20ClF2N3O.ClH/c19-15-7-5-12(6-8-15)17-14(11-23-24-17)10-22-9-13-3-1-2-4-16(13)25-18(20)21;/h1-8,14,17-18,22-24H,9-11H2;1H. The minimum absolute atomic E-state index is 0. The van der Waals surface area contributed by atoms with Crippen LogP contribution in [0.3, 0.4) is 0 Å². The largest absolute Gasteiger partial charge is 0.434 e. The zero-order chi connectivity index (χ0) is 17.6. The van der Waals surface area contributed by atoms with Gasteiger partial charge in [0, 0.05) is 36.1 Å². The smallest absolute Gasteiger partial charge is 0.387 e. The topological polar surface area (TPSA) is 45.3 Å². The molecule has 1 heterocycles. The van der Waals surface area contributed by atoms with Crippen LogP contribution in [0.4, 0.5) is 8.78 Å². The molecule has 0 aliphatic carbocycles. The number of para-hydroxylation sites is 1. The number of rotatable bonds is 7.